The number of nitrogens with zero attached hydrogens (tertiary/aromatic N) is 4. The van der Waals surface area contributed by atoms with E-state index in [-0.39, 0.29) is 5.56 Å². The van der Waals surface area contributed by atoms with E-state index in [2.05, 4.69) is 46.3 Å². The van der Waals surface area contributed by atoms with Gasteiger partial charge in [0.1, 0.15) is 5.01 Å². The van der Waals surface area contributed by atoms with Gasteiger partial charge in [-0.15, -0.1) is 0 Å². The Morgan fingerprint density at radius 2 is 2.21 bits per heavy atom. The second-order valence-corrected chi connectivity index (χ2v) is 7.49. The van der Waals surface area contributed by atoms with Crippen molar-refractivity contribution in [2.24, 2.45) is 0 Å². The first kappa shape index (κ1) is 15.5. The predicted molar refractivity (Wildman–Crippen MR) is 95.5 cm³/mol. The maximum Gasteiger partial charge on any atom is 0.275 e. The lowest BCUT2D eigenvalue weighted by molar-refractivity contribution is 0.212. The van der Waals surface area contributed by atoms with Gasteiger partial charge in [0.2, 0.25) is 4.96 Å². The molecule has 0 amide bonds. The average molecular weight is 340 g/mol. The van der Waals surface area contributed by atoms with Crippen molar-refractivity contribution in [3.05, 3.63) is 62.5 Å². The van der Waals surface area contributed by atoms with Crippen LogP contribution in [-0.4, -0.2) is 26.5 Å². The largest absolute Gasteiger partial charge is 0.293 e. The van der Waals surface area contributed by atoms with Crippen LogP contribution in [0.4, 0.5) is 0 Å². The van der Waals surface area contributed by atoms with Crippen LogP contribution in [0.2, 0.25) is 0 Å². The summed E-state index contributed by atoms with van der Waals surface area (Å²) in [6.07, 6.45) is 3.54. The zero-order valence-electron chi connectivity index (χ0n) is 13.9. The molecule has 5 nitrogen and oxygen atoms in total. The average Bonchev–Trinajstić information content (AvgIpc) is 2.97. The summed E-state index contributed by atoms with van der Waals surface area (Å²) in [5.74, 6) is 0. The van der Waals surface area contributed by atoms with Gasteiger partial charge in [-0.1, -0.05) is 35.6 Å². The molecule has 0 saturated heterocycles. The lowest BCUT2D eigenvalue weighted by Crippen LogP contribution is -2.27. The number of fused-ring (bicyclic) bond motifs is 2. The van der Waals surface area contributed by atoms with Crippen molar-refractivity contribution < 1.29 is 0 Å². The number of benzene rings is 1. The third kappa shape index (κ3) is 2.76. The van der Waals surface area contributed by atoms with E-state index in [4.69, 9.17) is 0 Å². The predicted octanol–water partition coefficient (Wildman–Crippen LogP) is 2.97. The van der Waals surface area contributed by atoms with Crippen molar-refractivity contribution in [2.45, 2.75) is 38.8 Å². The Kier molecular flexibility index (Phi) is 3.94. The quantitative estimate of drug-likeness (QED) is 0.735. The molecule has 0 spiro atoms. The monoisotopic (exact) mass is 340 g/mol. The minimum Gasteiger partial charge on any atom is -0.293 e. The summed E-state index contributed by atoms with van der Waals surface area (Å²) in [5, 5.41) is 5.39. The van der Waals surface area contributed by atoms with Gasteiger partial charge in [0.05, 0.1) is 6.54 Å². The van der Waals surface area contributed by atoms with E-state index in [0.29, 0.717) is 11.0 Å². The third-order valence-electron chi connectivity index (χ3n) is 4.67. The maximum atomic E-state index is 12.0. The minimum atomic E-state index is -0.106. The molecule has 0 saturated carbocycles. The molecule has 124 valence electrons. The van der Waals surface area contributed by atoms with Crippen LogP contribution in [0.5, 0.6) is 0 Å². The van der Waals surface area contributed by atoms with Crippen LogP contribution >= 0.6 is 11.3 Å². The molecule has 1 aliphatic rings. The van der Waals surface area contributed by atoms with Crippen LogP contribution in [0, 0.1) is 6.92 Å². The van der Waals surface area contributed by atoms with E-state index >= 15 is 0 Å². The Balaban J connectivity index is 1.62. The van der Waals surface area contributed by atoms with E-state index in [1.54, 1.807) is 0 Å². The third-order valence-corrected chi connectivity index (χ3v) is 5.56. The number of hydrogen-bond donors (Lipinski definition) is 0. The highest BCUT2D eigenvalue weighted by Crippen LogP contribution is 2.34. The number of hydrogen-bond acceptors (Lipinski definition) is 5. The molecular weight excluding hydrogens is 320 g/mol. The molecule has 3 aromatic rings. The van der Waals surface area contributed by atoms with Gasteiger partial charge in [-0.3, -0.25) is 9.69 Å². The molecule has 4 rings (SSSR count). The molecule has 0 aliphatic heterocycles. The Hall–Kier alpha value is -2.05. The highest BCUT2D eigenvalue weighted by atomic mass is 32.1. The molecule has 0 fully saturated rings. The summed E-state index contributed by atoms with van der Waals surface area (Å²) in [7, 11) is 2.14. The van der Waals surface area contributed by atoms with Gasteiger partial charge in [-0.05, 0) is 44.4 Å². The van der Waals surface area contributed by atoms with Gasteiger partial charge >= 0.3 is 0 Å². The zero-order chi connectivity index (χ0) is 16.7. The normalized spacial score (nSPS) is 17.4. The minimum absolute atomic E-state index is 0.106. The second kappa shape index (κ2) is 6.11. The summed E-state index contributed by atoms with van der Waals surface area (Å²) in [6.45, 7) is 2.57. The van der Waals surface area contributed by atoms with Crippen molar-refractivity contribution in [3.8, 4) is 0 Å². The number of aryl methyl sites for hydroxylation is 2. The standard InChI is InChI=1S/C18H20N4OS/c1-12-10-17(23)22-18(19-12)24-16(20-22)11-21(2)15-9-5-7-13-6-3-4-8-14(13)15/h3-4,6,8,10,15H,5,7,9,11H2,1-2H3/t15-/m1/s1. The molecule has 0 bridgehead atoms. The Morgan fingerprint density at radius 1 is 1.38 bits per heavy atom. The Labute approximate surface area is 144 Å². The number of rotatable bonds is 3. The van der Waals surface area contributed by atoms with Gasteiger partial charge in [0.25, 0.3) is 5.56 Å². The summed E-state index contributed by atoms with van der Waals surface area (Å²) in [5.41, 5.74) is 3.52. The fourth-order valence-corrected chi connectivity index (χ4v) is 4.54. The van der Waals surface area contributed by atoms with Gasteiger partial charge in [-0.2, -0.15) is 9.61 Å². The van der Waals surface area contributed by atoms with Crippen molar-refractivity contribution >= 4 is 16.3 Å². The van der Waals surface area contributed by atoms with E-state index in [9.17, 15) is 4.79 Å². The zero-order valence-corrected chi connectivity index (χ0v) is 14.7. The molecule has 1 aromatic carbocycles. The van der Waals surface area contributed by atoms with Crippen molar-refractivity contribution in [1.82, 2.24) is 19.5 Å². The molecule has 24 heavy (non-hydrogen) atoms. The van der Waals surface area contributed by atoms with Crippen LogP contribution in [0.3, 0.4) is 0 Å². The van der Waals surface area contributed by atoms with Crippen molar-refractivity contribution in [2.75, 3.05) is 7.05 Å². The van der Waals surface area contributed by atoms with Crippen LogP contribution in [0.15, 0.2) is 35.1 Å². The molecule has 1 aliphatic carbocycles. The van der Waals surface area contributed by atoms with Gasteiger partial charge in [0.15, 0.2) is 0 Å². The first-order chi connectivity index (χ1) is 11.6. The van der Waals surface area contributed by atoms with E-state index in [0.717, 1.165) is 23.7 Å². The van der Waals surface area contributed by atoms with E-state index < -0.39 is 0 Å². The SMILES string of the molecule is Cc1cc(=O)n2nc(CN(C)[C@@H]3CCCc4ccccc43)sc2n1. The summed E-state index contributed by atoms with van der Waals surface area (Å²) in [4.78, 5) is 19.4. The van der Waals surface area contributed by atoms with Gasteiger partial charge < -0.3 is 0 Å². The maximum absolute atomic E-state index is 12.0. The molecule has 1 atom stereocenters. The summed E-state index contributed by atoms with van der Waals surface area (Å²) < 4.78 is 1.41. The van der Waals surface area contributed by atoms with Crippen molar-refractivity contribution in [1.29, 1.82) is 0 Å². The van der Waals surface area contributed by atoms with Gasteiger partial charge in [-0.25, -0.2) is 4.98 Å². The lowest BCUT2D eigenvalue weighted by atomic mass is 9.87. The van der Waals surface area contributed by atoms with E-state index in [1.807, 2.05) is 6.92 Å². The topological polar surface area (TPSA) is 50.5 Å². The first-order valence-electron chi connectivity index (χ1n) is 8.26. The van der Waals surface area contributed by atoms with Crippen molar-refractivity contribution in [3.63, 3.8) is 0 Å². The molecule has 2 heterocycles. The smallest absolute Gasteiger partial charge is 0.275 e. The fraction of sp³-hybridized carbons (Fsp3) is 0.389. The van der Waals surface area contributed by atoms with Gasteiger partial charge in [0, 0.05) is 17.8 Å². The second-order valence-electron chi connectivity index (χ2n) is 6.45. The highest BCUT2D eigenvalue weighted by Gasteiger charge is 2.24. The highest BCUT2D eigenvalue weighted by molar-refractivity contribution is 7.16. The number of aromatic nitrogens is 3. The van der Waals surface area contributed by atoms with Crippen LogP contribution in [0.1, 0.15) is 40.7 Å². The molecule has 2 aromatic heterocycles. The van der Waals surface area contributed by atoms with Crippen LogP contribution in [-0.2, 0) is 13.0 Å². The molecule has 0 radical (unpaired) electrons. The molecule has 0 N–H and O–H groups in total. The Bertz CT molecular complexity index is 946. The molecular formula is C18H20N4OS. The van der Waals surface area contributed by atoms with E-state index in [1.165, 1.54) is 45.9 Å². The summed E-state index contributed by atoms with van der Waals surface area (Å²) in [6, 6.07) is 10.7. The van der Waals surface area contributed by atoms with Crippen LogP contribution in [0.25, 0.3) is 4.96 Å². The molecule has 6 heteroatoms. The summed E-state index contributed by atoms with van der Waals surface area (Å²) >= 11 is 1.50. The lowest BCUT2D eigenvalue weighted by Gasteiger charge is -2.32. The Morgan fingerprint density at radius 3 is 3.08 bits per heavy atom. The molecule has 0 unspecified atom stereocenters. The first-order valence-corrected chi connectivity index (χ1v) is 9.08. The fourth-order valence-electron chi connectivity index (χ4n) is 3.53. The van der Waals surface area contributed by atoms with Crippen LogP contribution < -0.4 is 5.56 Å².